The van der Waals surface area contributed by atoms with Crippen molar-refractivity contribution in [2.45, 2.75) is 57.3 Å². The van der Waals surface area contributed by atoms with E-state index in [0.29, 0.717) is 36.7 Å². The molecule has 0 bridgehead atoms. The van der Waals surface area contributed by atoms with Crippen LogP contribution >= 0.6 is 0 Å². The molecular weight excluding hydrogens is 519 g/mol. The number of piperidine rings is 1. The standard InChI is InChI=1S/C30H36F3N5O2/c1-19-15-36(11-9-26(19)39)16-20-13-24(30(31,32)33)25-18-37(29(40)38(25)17-20)23-8-4-7-22(14-23)27(21-5-3-6-21)28-34-10-12-35(28)2/h4,7-8,13-14,17-19,21,26-27,39H,3,5-6,9-12,15-16H2,1-2H3/t19-,26-,27-/m1/s1. The van der Waals surface area contributed by atoms with Crippen molar-refractivity contribution in [2.24, 2.45) is 16.8 Å². The summed E-state index contributed by atoms with van der Waals surface area (Å²) in [5, 5.41) is 10.0. The van der Waals surface area contributed by atoms with Gasteiger partial charge in [-0.15, -0.1) is 0 Å². The highest BCUT2D eigenvalue weighted by atomic mass is 19.4. The summed E-state index contributed by atoms with van der Waals surface area (Å²) in [6, 6.07) is 8.79. The van der Waals surface area contributed by atoms with E-state index in [1.54, 1.807) is 6.07 Å². The maximum Gasteiger partial charge on any atom is 0.418 e. The van der Waals surface area contributed by atoms with E-state index < -0.39 is 23.5 Å². The molecule has 2 aliphatic heterocycles. The Bertz CT molecular complexity index is 1490. The summed E-state index contributed by atoms with van der Waals surface area (Å²) in [6.07, 6.45) is 1.81. The van der Waals surface area contributed by atoms with Crippen LogP contribution in [-0.2, 0) is 12.7 Å². The number of hydrogen-bond donors (Lipinski definition) is 1. The third-order valence-corrected chi connectivity index (χ3v) is 8.99. The molecule has 1 saturated carbocycles. The summed E-state index contributed by atoms with van der Waals surface area (Å²) in [4.78, 5) is 22.6. The monoisotopic (exact) mass is 555 g/mol. The number of likely N-dealkylation sites (tertiary alicyclic amines) is 1. The van der Waals surface area contributed by atoms with Gasteiger partial charge in [-0.3, -0.25) is 18.9 Å². The highest BCUT2D eigenvalue weighted by Gasteiger charge is 2.37. The van der Waals surface area contributed by atoms with Gasteiger partial charge in [-0.05, 0) is 60.4 Å². The number of pyridine rings is 1. The van der Waals surface area contributed by atoms with Gasteiger partial charge in [-0.1, -0.05) is 25.5 Å². The fraction of sp³-hybridized carbons (Fsp3) is 0.533. The van der Waals surface area contributed by atoms with Crippen molar-refractivity contribution in [1.82, 2.24) is 18.8 Å². The van der Waals surface area contributed by atoms with Gasteiger partial charge in [0.05, 0.1) is 29.4 Å². The first-order valence-corrected chi connectivity index (χ1v) is 14.2. The van der Waals surface area contributed by atoms with Crippen LogP contribution in [0.25, 0.3) is 11.2 Å². The zero-order valence-electron chi connectivity index (χ0n) is 22.9. The van der Waals surface area contributed by atoms with Crippen LogP contribution in [0.4, 0.5) is 13.2 Å². The first-order valence-electron chi connectivity index (χ1n) is 14.2. The van der Waals surface area contributed by atoms with Crippen molar-refractivity contribution in [3.05, 3.63) is 69.9 Å². The molecule has 2 aromatic heterocycles. The van der Waals surface area contributed by atoms with Gasteiger partial charge in [0.2, 0.25) is 0 Å². The number of hydrogen-bond acceptors (Lipinski definition) is 5. The van der Waals surface area contributed by atoms with Crippen LogP contribution in [0.3, 0.4) is 0 Å². The summed E-state index contributed by atoms with van der Waals surface area (Å²) in [5.74, 6) is 1.67. The van der Waals surface area contributed by atoms with E-state index in [1.807, 2.05) is 30.0 Å². The van der Waals surface area contributed by atoms with Gasteiger partial charge >= 0.3 is 11.9 Å². The van der Waals surface area contributed by atoms with Gasteiger partial charge in [-0.2, -0.15) is 13.2 Å². The van der Waals surface area contributed by atoms with E-state index >= 15 is 0 Å². The van der Waals surface area contributed by atoms with E-state index in [0.717, 1.165) is 47.8 Å². The number of nitrogens with zero attached hydrogens (tertiary/aromatic N) is 5. The Morgan fingerprint density at radius 3 is 2.58 bits per heavy atom. The summed E-state index contributed by atoms with van der Waals surface area (Å²) in [7, 11) is 2.05. The smallest absolute Gasteiger partial charge is 0.393 e. The minimum atomic E-state index is -4.62. The van der Waals surface area contributed by atoms with Crippen molar-refractivity contribution in [3.8, 4) is 5.69 Å². The van der Waals surface area contributed by atoms with Crippen LogP contribution < -0.4 is 5.69 Å². The molecule has 3 aliphatic rings. The molecule has 10 heteroatoms. The second-order valence-corrected chi connectivity index (χ2v) is 11.8. The van der Waals surface area contributed by atoms with Gasteiger partial charge in [0.1, 0.15) is 5.84 Å². The Morgan fingerprint density at radius 2 is 1.93 bits per heavy atom. The number of imidazole rings is 1. The SMILES string of the molecule is C[C@@H]1CN(Cc2cc(C(F)(F)F)c3cn(-c4cccc([C@H](C5=NCCN5C)C5CCC5)c4)c(=O)n3c2)CC[C@H]1O. The molecule has 7 nitrogen and oxygen atoms in total. The molecule has 1 saturated heterocycles. The Hall–Kier alpha value is -3.11. The molecule has 1 aliphatic carbocycles. The number of rotatable bonds is 6. The van der Waals surface area contributed by atoms with Gasteiger partial charge in [0, 0.05) is 51.5 Å². The van der Waals surface area contributed by atoms with Crippen molar-refractivity contribution in [2.75, 3.05) is 33.2 Å². The van der Waals surface area contributed by atoms with E-state index in [9.17, 15) is 23.1 Å². The van der Waals surface area contributed by atoms with Crippen LogP contribution in [0.1, 0.15) is 55.2 Å². The second kappa shape index (κ2) is 10.4. The highest BCUT2D eigenvalue weighted by molar-refractivity contribution is 5.90. The summed E-state index contributed by atoms with van der Waals surface area (Å²) in [6.45, 7) is 5.04. The first-order chi connectivity index (χ1) is 19.1. The van der Waals surface area contributed by atoms with Gasteiger partial charge < -0.3 is 10.0 Å². The topological polar surface area (TPSA) is 65.5 Å². The quantitative estimate of drug-likeness (QED) is 0.485. The number of aliphatic imine (C=N–C) groups is 1. The van der Waals surface area contributed by atoms with Crippen LogP contribution in [0.15, 0.2) is 52.5 Å². The van der Waals surface area contributed by atoms with Crippen LogP contribution in [0.5, 0.6) is 0 Å². The number of aliphatic hydroxyl groups excluding tert-OH is 1. The predicted molar refractivity (Wildman–Crippen MR) is 148 cm³/mol. The van der Waals surface area contributed by atoms with E-state index in [2.05, 4.69) is 11.9 Å². The number of amidine groups is 1. The molecule has 0 amide bonds. The highest BCUT2D eigenvalue weighted by Crippen LogP contribution is 2.42. The van der Waals surface area contributed by atoms with E-state index in [1.165, 1.54) is 23.4 Å². The van der Waals surface area contributed by atoms with E-state index in [4.69, 9.17) is 4.99 Å². The number of alkyl halides is 3. The number of aliphatic hydroxyl groups is 1. The van der Waals surface area contributed by atoms with Crippen LogP contribution in [0.2, 0.25) is 0 Å². The molecule has 0 spiro atoms. The summed E-state index contributed by atoms with van der Waals surface area (Å²) in [5.41, 5.74) is 0.489. The molecule has 1 N–H and O–H groups in total. The van der Waals surface area contributed by atoms with Gasteiger partial charge in [0.25, 0.3) is 0 Å². The fourth-order valence-electron chi connectivity index (χ4n) is 6.52. The predicted octanol–water partition coefficient (Wildman–Crippen LogP) is 4.54. The fourth-order valence-corrected chi connectivity index (χ4v) is 6.52. The van der Waals surface area contributed by atoms with Crippen molar-refractivity contribution < 1.29 is 18.3 Å². The number of halogens is 3. The van der Waals surface area contributed by atoms with E-state index in [-0.39, 0.29) is 23.9 Å². The summed E-state index contributed by atoms with van der Waals surface area (Å²) >= 11 is 0. The number of likely N-dealkylation sites (N-methyl/N-ethyl adjacent to an activating group) is 1. The Labute approximate surface area is 231 Å². The molecule has 3 atom stereocenters. The Balaban J connectivity index is 1.39. The lowest BCUT2D eigenvalue weighted by Crippen LogP contribution is -2.41. The molecule has 6 rings (SSSR count). The van der Waals surface area contributed by atoms with Crippen LogP contribution in [0, 0.1) is 11.8 Å². The molecule has 2 fully saturated rings. The molecule has 0 unspecified atom stereocenters. The minimum absolute atomic E-state index is 0.0365. The molecule has 1 aromatic carbocycles. The Kier molecular flexibility index (Phi) is 7.02. The average Bonchev–Trinajstić information content (AvgIpc) is 3.45. The van der Waals surface area contributed by atoms with Crippen molar-refractivity contribution in [1.29, 1.82) is 0 Å². The lowest BCUT2D eigenvalue weighted by atomic mass is 9.72. The molecule has 4 heterocycles. The third-order valence-electron chi connectivity index (χ3n) is 8.99. The molecular formula is C30H36F3N5O2. The van der Waals surface area contributed by atoms with Crippen molar-refractivity contribution in [3.63, 3.8) is 0 Å². The largest absolute Gasteiger partial charge is 0.418 e. The zero-order valence-corrected chi connectivity index (χ0v) is 22.9. The maximum absolute atomic E-state index is 14.3. The third kappa shape index (κ3) is 4.96. The second-order valence-electron chi connectivity index (χ2n) is 11.8. The first kappa shape index (κ1) is 27.1. The lowest BCUT2D eigenvalue weighted by molar-refractivity contribution is -0.136. The maximum atomic E-state index is 14.3. The zero-order chi connectivity index (χ0) is 28.2. The number of aromatic nitrogens is 2. The Morgan fingerprint density at radius 1 is 1.12 bits per heavy atom. The molecule has 214 valence electrons. The van der Waals surface area contributed by atoms with Crippen molar-refractivity contribution >= 4 is 11.4 Å². The van der Waals surface area contributed by atoms with Crippen LogP contribution in [-0.4, -0.2) is 69.0 Å². The van der Waals surface area contributed by atoms with Gasteiger partial charge in [-0.25, -0.2) is 4.79 Å². The molecule has 0 radical (unpaired) electrons. The lowest BCUT2D eigenvalue weighted by Gasteiger charge is -2.36. The number of benzene rings is 1. The average molecular weight is 556 g/mol. The molecule has 3 aromatic rings. The molecule has 40 heavy (non-hydrogen) atoms. The summed E-state index contributed by atoms with van der Waals surface area (Å²) < 4.78 is 45.2. The van der Waals surface area contributed by atoms with Gasteiger partial charge in [0.15, 0.2) is 0 Å². The normalized spacial score (nSPS) is 23.4. The number of fused-ring (bicyclic) bond motifs is 1. The minimum Gasteiger partial charge on any atom is -0.393 e.